The van der Waals surface area contributed by atoms with E-state index in [4.69, 9.17) is 19.9 Å². The van der Waals surface area contributed by atoms with Crippen molar-refractivity contribution in [3.05, 3.63) is 144 Å². The molecule has 6 heteroatoms. The van der Waals surface area contributed by atoms with Gasteiger partial charge in [0.15, 0.2) is 0 Å². The van der Waals surface area contributed by atoms with Crippen molar-refractivity contribution >= 4 is 0 Å². The number of unbranched alkanes of at least 4 members (excludes halogenated alkanes) is 1. The van der Waals surface area contributed by atoms with E-state index in [1.165, 1.54) is 0 Å². The van der Waals surface area contributed by atoms with Crippen molar-refractivity contribution in [1.29, 1.82) is 0 Å². The topological polar surface area (TPSA) is 77.2 Å². The summed E-state index contributed by atoms with van der Waals surface area (Å²) in [5, 5.41) is 10.9. The minimum Gasteiger partial charge on any atom is -0.394 e. The Morgan fingerprint density at radius 3 is 1.64 bits per heavy atom. The number of ether oxygens (including phenoxy) is 3. The predicted octanol–water partition coefficient (Wildman–Crippen LogP) is 6.68. The molecule has 0 spiro atoms. The van der Waals surface area contributed by atoms with Crippen molar-refractivity contribution in [3.8, 4) is 0 Å². The minimum absolute atomic E-state index is 0.0483. The van der Waals surface area contributed by atoms with Gasteiger partial charge in [-0.25, -0.2) is 0 Å². The highest BCUT2D eigenvalue weighted by Gasteiger charge is 2.50. The molecular formula is C39H48N2O4. The Bertz CT molecular complexity index is 1360. The molecular weight excluding hydrogens is 560 g/mol. The first-order chi connectivity index (χ1) is 22.2. The molecule has 1 saturated heterocycles. The third kappa shape index (κ3) is 9.10. The first-order valence-electron chi connectivity index (χ1n) is 16.3. The van der Waals surface area contributed by atoms with E-state index in [1.54, 1.807) is 0 Å². The number of hydrogen-bond acceptors (Lipinski definition) is 6. The van der Waals surface area contributed by atoms with E-state index in [-0.39, 0.29) is 36.9 Å². The van der Waals surface area contributed by atoms with Crippen LogP contribution in [0, 0.1) is 0 Å². The van der Waals surface area contributed by atoms with Crippen LogP contribution in [0.5, 0.6) is 0 Å². The van der Waals surface area contributed by atoms with E-state index in [2.05, 4.69) is 60.4 Å². The summed E-state index contributed by atoms with van der Waals surface area (Å²) >= 11 is 0. The number of rotatable bonds is 16. The van der Waals surface area contributed by atoms with Crippen molar-refractivity contribution in [2.75, 3.05) is 13.2 Å². The van der Waals surface area contributed by atoms with Gasteiger partial charge in [-0.1, -0.05) is 141 Å². The van der Waals surface area contributed by atoms with Gasteiger partial charge in [-0.2, -0.15) is 0 Å². The average molecular weight is 609 g/mol. The molecule has 238 valence electrons. The molecule has 0 amide bonds. The fraction of sp³-hybridized carbons (Fsp3) is 0.385. The molecule has 45 heavy (non-hydrogen) atoms. The van der Waals surface area contributed by atoms with Gasteiger partial charge in [0.1, 0.15) is 12.2 Å². The molecule has 6 atom stereocenters. The number of aliphatic hydroxyl groups is 1. The first kappa shape index (κ1) is 33.0. The maximum atomic E-state index is 10.9. The Kier molecular flexibility index (Phi) is 12.7. The van der Waals surface area contributed by atoms with Gasteiger partial charge in [-0.05, 0) is 28.7 Å². The van der Waals surface area contributed by atoms with E-state index >= 15 is 0 Å². The minimum atomic E-state index is -0.409. The second-order valence-electron chi connectivity index (χ2n) is 12.0. The van der Waals surface area contributed by atoms with Gasteiger partial charge in [0.05, 0.1) is 44.6 Å². The van der Waals surface area contributed by atoms with E-state index in [1.807, 2.05) is 72.8 Å². The van der Waals surface area contributed by atoms with Gasteiger partial charge in [-0.15, -0.1) is 0 Å². The molecule has 1 aliphatic rings. The molecule has 5 rings (SSSR count). The number of likely N-dealkylation sites (tertiary alicyclic amines) is 1. The quantitative estimate of drug-likeness (QED) is 0.148. The zero-order chi connectivity index (χ0) is 31.3. The SMILES string of the molecule is CCCCC(N)[C@@H]1[C@H](OCc2ccccc2)[C@@H](OCc2ccccc2)[C@H](OCc2ccccc2)CN1[C@@H](CO)c1ccccc1. The molecule has 1 aliphatic heterocycles. The number of piperidine rings is 1. The third-order valence-corrected chi connectivity index (χ3v) is 8.77. The second kappa shape index (κ2) is 17.4. The van der Waals surface area contributed by atoms with E-state index < -0.39 is 6.10 Å². The lowest BCUT2D eigenvalue weighted by Crippen LogP contribution is -2.68. The second-order valence-corrected chi connectivity index (χ2v) is 12.0. The van der Waals surface area contributed by atoms with Crippen LogP contribution in [-0.4, -0.2) is 53.6 Å². The Morgan fingerprint density at radius 2 is 1.16 bits per heavy atom. The number of benzene rings is 4. The van der Waals surface area contributed by atoms with Gasteiger partial charge < -0.3 is 25.1 Å². The molecule has 3 N–H and O–H groups in total. The average Bonchev–Trinajstić information content (AvgIpc) is 3.10. The van der Waals surface area contributed by atoms with Crippen LogP contribution in [0.3, 0.4) is 0 Å². The van der Waals surface area contributed by atoms with Crippen molar-refractivity contribution in [3.63, 3.8) is 0 Å². The third-order valence-electron chi connectivity index (χ3n) is 8.77. The molecule has 0 aromatic heterocycles. The summed E-state index contributed by atoms with van der Waals surface area (Å²) in [4.78, 5) is 2.34. The van der Waals surface area contributed by atoms with Gasteiger partial charge in [-0.3, -0.25) is 4.90 Å². The zero-order valence-electron chi connectivity index (χ0n) is 26.4. The molecule has 0 saturated carbocycles. The summed E-state index contributed by atoms with van der Waals surface area (Å²) in [5.41, 5.74) is 11.4. The summed E-state index contributed by atoms with van der Waals surface area (Å²) in [7, 11) is 0. The van der Waals surface area contributed by atoms with Crippen LogP contribution in [0.15, 0.2) is 121 Å². The predicted molar refractivity (Wildman–Crippen MR) is 179 cm³/mol. The number of nitrogens with two attached hydrogens (primary N) is 1. The zero-order valence-corrected chi connectivity index (χ0v) is 26.4. The Morgan fingerprint density at radius 1 is 0.689 bits per heavy atom. The standard InChI is InChI=1S/C39H48N2O4/c1-2-3-24-34(40)37-39(45-29-32-20-12-6-13-21-32)38(44-28-31-18-10-5-11-19-31)36(43-27-30-16-8-4-9-17-30)25-41(37)35(26-42)33-22-14-7-15-23-33/h4-23,34-39,42H,2-3,24-29,40H2,1H3/t34?,35-,36+,37+,38-,39-/m0/s1. The molecule has 0 aliphatic carbocycles. The Labute approximate surface area is 268 Å². The maximum Gasteiger partial charge on any atom is 0.113 e. The lowest BCUT2D eigenvalue weighted by molar-refractivity contribution is -0.214. The summed E-state index contributed by atoms with van der Waals surface area (Å²) in [6.07, 6.45) is 1.78. The molecule has 4 aromatic rings. The number of aliphatic hydroxyl groups excluding tert-OH is 1. The highest BCUT2D eigenvalue weighted by molar-refractivity contribution is 5.22. The van der Waals surface area contributed by atoms with Crippen molar-refractivity contribution < 1.29 is 19.3 Å². The molecule has 1 fully saturated rings. The van der Waals surface area contributed by atoms with Crippen molar-refractivity contribution in [2.24, 2.45) is 5.73 Å². The summed E-state index contributed by atoms with van der Waals surface area (Å²) < 4.78 is 20.5. The summed E-state index contributed by atoms with van der Waals surface area (Å²) in [5.74, 6) is 0. The Balaban J connectivity index is 1.54. The van der Waals surface area contributed by atoms with Crippen LogP contribution < -0.4 is 5.73 Å². The largest absolute Gasteiger partial charge is 0.394 e. The lowest BCUT2D eigenvalue weighted by atomic mass is 9.84. The van der Waals surface area contributed by atoms with E-state index in [0.717, 1.165) is 41.5 Å². The number of hydrogen-bond donors (Lipinski definition) is 2. The van der Waals surface area contributed by atoms with Gasteiger partial charge in [0, 0.05) is 12.6 Å². The van der Waals surface area contributed by atoms with Gasteiger partial charge in [0.2, 0.25) is 0 Å². The van der Waals surface area contributed by atoms with Crippen LogP contribution in [0.1, 0.15) is 54.5 Å². The fourth-order valence-corrected chi connectivity index (χ4v) is 6.39. The highest BCUT2D eigenvalue weighted by atomic mass is 16.6. The van der Waals surface area contributed by atoms with Crippen LogP contribution in [-0.2, 0) is 34.0 Å². The van der Waals surface area contributed by atoms with Crippen molar-refractivity contribution in [1.82, 2.24) is 4.90 Å². The fourth-order valence-electron chi connectivity index (χ4n) is 6.39. The van der Waals surface area contributed by atoms with E-state index in [0.29, 0.717) is 26.4 Å². The smallest absolute Gasteiger partial charge is 0.113 e. The molecule has 6 nitrogen and oxygen atoms in total. The molecule has 4 aromatic carbocycles. The number of nitrogens with zero attached hydrogens (tertiary/aromatic N) is 1. The van der Waals surface area contributed by atoms with Crippen LogP contribution in [0.25, 0.3) is 0 Å². The van der Waals surface area contributed by atoms with Crippen LogP contribution >= 0.6 is 0 Å². The first-order valence-corrected chi connectivity index (χ1v) is 16.3. The van der Waals surface area contributed by atoms with Crippen molar-refractivity contribution in [2.45, 2.75) is 82.4 Å². The maximum absolute atomic E-state index is 10.9. The van der Waals surface area contributed by atoms with E-state index in [9.17, 15) is 5.11 Å². The Hall–Kier alpha value is -3.36. The molecule has 1 heterocycles. The highest BCUT2D eigenvalue weighted by Crippen LogP contribution is 2.36. The summed E-state index contributed by atoms with van der Waals surface area (Å²) in [6.45, 7) is 3.98. The summed E-state index contributed by atoms with van der Waals surface area (Å²) in [6, 6.07) is 40.2. The molecule has 0 radical (unpaired) electrons. The van der Waals surface area contributed by atoms with Crippen LogP contribution in [0.4, 0.5) is 0 Å². The normalized spacial score (nSPS) is 21.8. The monoisotopic (exact) mass is 608 g/mol. The molecule has 0 bridgehead atoms. The van der Waals surface area contributed by atoms with Gasteiger partial charge in [0.25, 0.3) is 0 Å². The lowest BCUT2D eigenvalue weighted by Gasteiger charge is -2.52. The van der Waals surface area contributed by atoms with Crippen LogP contribution in [0.2, 0.25) is 0 Å². The molecule has 1 unspecified atom stereocenters. The van der Waals surface area contributed by atoms with Gasteiger partial charge >= 0.3 is 0 Å².